The number of carbonyl (C=O) groups is 1. The fourth-order valence-corrected chi connectivity index (χ4v) is 1.78. The fourth-order valence-electron chi connectivity index (χ4n) is 1.78. The molecule has 1 atom stereocenters. The molecule has 7 heteroatoms. The summed E-state index contributed by atoms with van der Waals surface area (Å²) in [6, 6.07) is -0.477. The van der Waals surface area contributed by atoms with Crippen molar-refractivity contribution in [1.29, 1.82) is 0 Å². The van der Waals surface area contributed by atoms with Crippen molar-refractivity contribution in [2.45, 2.75) is 25.1 Å². The van der Waals surface area contributed by atoms with Crippen LogP contribution in [0.4, 0.5) is 13.2 Å². The first-order chi connectivity index (χ1) is 7.46. The minimum Gasteiger partial charge on any atom is -0.396 e. The Morgan fingerprint density at radius 1 is 1.50 bits per heavy atom. The van der Waals surface area contributed by atoms with Crippen LogP contribution in [0.25, 0.3) is 0 Å². The van der Waals surface area contributed by atoms with Gasteiger partial charge in [0.15, 0.2) is 0 Å². The van der Waals surface area contributed by atoms with Gasteiger partial charge in [-0.15, -0.1) is 0 Å². The predicted molar refractivity (Wildman–Crippen MR) is 50.7 cm³/mol. The summed E-state index contributed by atoms with van der Waals surface area (Å²) in [7, 11) is 0. The van der Waals surface area contributed by atoms with E-state index in [0.717, 1.165) is 4.90 Å². The highest BCUT2D eigenvalue weighted by Gasteiger charge is 2.44. The van der Waals surface area contributed by atoms with Crippen LogP contribution in [0.5, 0.6) is 0 Å². The maximum atomic E-state index is 12.3. The Morgan fingerprint density at radius 3 is 2.75 bits per heavy atom. The monoisotopic (exact) mass is 240 g/mol. The number of aliphatic hydroxyl groups is 1. The Hall–Kier alpha value is -0.820. The van der Waals surface area contributed by atoms with E-state index in [1.165, 1.54) is 0 Å². The summed E-state index contributed by atoms with van der Waals surface area (Å²) >= 11 is 0. The molecule has 1 unspecified atom stereocenters. The summed E-state index contributed by atoms with van der Waals surface area (Å²) in [5, 5.41) is 11.6. The van der Waals surface area contributed by atoms with Crippen LogP contribution < -0.4 is 5.32 Å². The summed E-state index contributed by atoms with van der Waals surface area (Å²) < 4.78 is 36.8. The van der Waals surface area contributed by atoms with E-state index in [1.807, 2.05) is 0 Å². The minimum absolute atomic E-state index is 0.0639. The number of halogens is 3. The maximum absolute atomic E-state index is 12.3. The molecule has 0 aliphatic carbocycles. The summed E-state index contributed by atoms with van der Waals surface area (Å²) in [5.74, 6) is -1.78. The number of hydrogen-bond donors (Lipinski definition) is 2. The van der Waals surface area contributed by atoms with Gasteiger partial charge < -0.3 is 15.3 Å². The molecule has 16 heavy (non-hydrogen) atoms. The zero-order chi connectivity index (χ0) is 12.2. The topological polar surface area (TPSA) is 52.6 Å². The Bertz CT molecular complexity index is 245. The molecule has 1 aliphatic heterocycles. The SMILES string of the molecule is O=C(N1CCNCC1CCCO)C(F)(F)F. The number of amides is 1. The van der Waals surface area contributed by atoms with Crippen molar-refractivity contribution in [2.24, 2.45) is 0 Å². The second kappa shape index (κ2) is 5.49. The highest BCUT2D eigenvalue weighted by molar-refractivity contribution is 5.82. The van der Waals surface area contributed by atoms with Gasteiger partial charge in [-0.05, 0) is 12.8 Å². The number of carbonyl (C=O) groups excluding carboxylic acids is 1. The molecule has 0 aromatic heterocycles. The van der Waals surface area contributed by atoms with Gasteiger partial charge >= 0.3 is 12.1 Å². The van der Waals surface area contributed by atoms with Crippen LogP contribution >= 0.6 is 0 Å². The van der Waals surface area contributed by atoms with Crippen LogP contribution in [0.15, 0.2) is 0 Å². The highest BCUT2D eigenvalue weighted by Crippen LogP contribution is 2.22. The van der Waals surface area contributed by atoms with Gasteiger partial charge in [0, 0.05) is 32.3 Å². The van der Waals surface area contributed by atoms with Crippen LogP contribution in [0, 0.1) is 0 Å². The molecule has 1 fully saturated rings. The molecule has 0 aromatic rings. The second-order valence-corrected chi connectivity index (χ2v) is 3.72. The zero-order valence-corrected chi connectivity index (χ0v) is 8.76. The van der Waals surface area contributed by atoms with E-state index in [4.69, 9.17) is 5.11 Å². The number of aliphatic hydroxyl groups excluding tert-OH is 1. The first-order valence-electron chi connectivity index (χ1n) is 5.16. The predicted octanol–water partition coefficient (Wildman–Crippen LogP) is 0.122. The molecule has 94 valence electrons. The van der Waals surface area contributed by atoms with Crippen LogP contribution in [-0.4, -0.2) is 54.4 Å². The van der Waals surface area contributed by atoms with Crippen molar-refractivity contribution >= 4 is 5.91 Å². The van der Waals surface area contributed by atoms with Gasteiger partial charge in [-0.1, -0.05) is 0 Å². The van der Waals surface area contributed by atoms with Crippen LogP contribution in [-0.2, 0) is 4.79 Å². The molecule has 1 aliphatic rings. The summed E-state index contributed by atoms with van der Waals surface area (Å²) in [6.07, 6.45) is -4.03. The van der Waals surface area contributed by atoms with E-state index >= 15 is 0 Å². The number of rotatable bonds is 3. The lowest BCUT2D eigenvalue weighted by Gasteiger charge is -2.36. The number of piperazine rings is 1. The largest absolute Gasteiger partial charge is 0.471 e. The van der Waals surface area contributed by atoms with Crippen LogP contribution in [0.3, 0.4) is 0 Å². The molecular formula is C9H15F3N2O2. The quantitative estimate of drug-likeness (QED) is 0.737. The molecular weight excluding hydrogens is 225 g/mol. The lowest BCUT2D eigenvalue weighted by Crippen LogP contribution is -2.56. The van der Waals surface area contributed by atoms with Crippen molar-refractivity contribution in [3.63, 3.8) is 0 Å². The van der Waals surface area contributed by atoms with Crippen LogP contribution in [0.2, 0.25) is 0 Å². The van der Waals surface area contributed by atoms with Gasteiger partial charge in [0.25, 0.3) is 0 Å². The number of nitrogens with zero attached hydrogens (tertiary/aromatic N) is 1. The number of hydrogen-bond acceptors (Lipinski definition) is 3. The van der Waals surface area contributed by atoms with E-state index in [0.29, 0.717) is 25.9 Å². The molecule has 0 spiro atoms. The Balaban J connectivity index is 2.63. The first-order valence-corrected chi connectivity index (χ1v) is 5.16. The minimum atomic E-state index is -4.81. The molecule has 4 nitrogen and oxygen atoms in total. The zero-order valence-electron chi connectivity index (χ0n) is 8.76. The van der Waals surface area contributed by atoms with Gasteiger partial charge in [0.05, 0.1) is 0 Å². The normalized spacial score (nSPS) is 22.2. The van der Waals surface area contributed by atoms with Crippen molar-refractivity contribution < 1.29 is 23.1 Å². The van der Waals surface area contributed by atoms with Crippen LogP contribution in [0.1, 0.15) is 12.8 Å². The highest BCUT2D eigenvalue weighted by atomic mass is 19.4. The summed E-state index contributed by atoms with van der Waals surface area (Å²) in [6.45, 7) is 0.707. The van der Waals surface area contributed by atoms with Gasteiger partial charge in [-0.25, -0.2) is 0 Å². The van der Waals surface area contributed by atoms with Gasteiger partial charge in [0.2, 0.25) is 0 Å². The average molecular weight is 240 g/mol. The third-order valence-electron chi connectivity index (χ3n) is 2.55. The van der Waals surface area contributed by atoms with Gasteiger partial charge in [-0.3, -0.25) is 4.79 Å². The van der Waals surface area contributed by atoms with E-state index in [-0.39, 0.29) is 13.2 Å². The second-order valence-electron chi connectivity index (χ2n) is 3.72. The molecule has 2 N–H and O–H groups in total. The lowest BCUT2D eigenvalue weighted by atomic mass is 10.1. The molecule has 1 rings (SSSR count). The Kier molecular flexibility index (Phi) is 4.55. The summed E-state index contributed by atoms with van der Waals surface area (Å²) in [4.78, 5) is 12.0. The number of alkyl halides is 3. The third-order valence-corrected chi connectivity index (χ3v) is 2.55. The standard InChI is InChI=1S/C9H15F3N2O2/c10-9(11,12)8(16)14-4-3-13-6-7(14)2-1-5-15/h7,13,15H,1-6H2. The smallest absolute Gasteiger partial charge is 0.396 e. The molecule has 1 amide bonds. The summed E-state index contributed by atoms with van der Waals surface area (Å²) in [5.41, 5.74) is 0. The molecule has 1 saturated heterocycles. The van der Waals surface area contributed by atoms with E-state index < -0.39 is 18.1 Å². The van der Waals surface area contributed by atoms with Gasteiger partial charge in [0.1, 0.15) is 0 Å². The Labute approximate surface area is 91.4 Å². The maximum Gasteiger partial charge on any atom is 0.471 e. The van der Waals surface area contributed by atoms with Crippen molar-refractivity contribution in [3.05, 3.63) is 0 Å². The first kappa shape index (κ1) is 13.2. The fraction of sp³-hybridized carbons (Fsp3) is 0.889. The molecule has 1 heterocycles. The van der Waals surface area contributed by atoms with E-state index in [1.54, 1.807) is 0 Å². The van der Waals surface area contributed by atoms with E-state index in [2.05, 4.69) is 5.32 Å². The van der Waals surface area contributed by atoms with Crippen molar-refractivity contribution in [2.75, 3.05) is 26.2 Å². The third kappa shape index (κ3) is 3.34. The molecule has 0 bridgehead atoms. The Morgan fingerprint density at radius 2 is 2.19 bits per heavy atom. The number of nitrogens with one attached hydrogen (secondary N) is 1. The molecule has 0 saturated carbocycles. The van der Waals surface area contributed by atoms with Gasteiger partial charge in [-0.2, -0.15) is 13.2 Å². The molecule has 0 aromatic carbocycles. The molecule has 0 radical (unpaired) electrons. The van der Waals surface area contributed by atoms with Crippen molar-refractivity contribution in [3.8, 4) is 0 Å². The van der Waals surface area contributed by atoms with Crippen molar-refractivity contribution in [1.82, 2.24) is 10.2 Å². The lowest BCUT2D eigenvalue weighted by molar-refractivity contribution is -0.188. The average Bonchev–Trinajstić information content (AvgIpc) is 2.24. The van der Waals surface area contributed by atoms with E-state index in [9.17, 15) is 18.0 Å².